The summed E-state index contributed by atoms with van der Waals surface area (Å²) in [5.41, 5.74) is 7.06. The minimum Gasteiger partial charge on any atom is -0.508 e. The minimum atomic E-state index is -0.549. The molecule has 0 aromatic heterocycles. The molecule has 2 aromatic rings. The molecule has 0 aliphatic rings. The predicted molar refractivity (Wildman–Crippen MR) is 123 cm³/mol. The van der Waals surface area contributed by atoms with Crippen molar-refractivity contribution < 1.29 is 29.6 Å². The fraction of sp³-hybridized carbons (Fsp3) is 0.333. The first-order valence-electron chi connectivity index (χ1n) is 8.97. The van der Waals surface area contributed by atoms with Crippen LogP contribution in [0.15, 0.2) is 36.4 Å². The van der Waals surface area contributed by atoms with E-state index in [0.29, 0.717) is 17.0 Å². The van der Waals surface area contributed by atoms with Gasteiger partial charge in [-0.05, 0) is 49.2 Å². The molecule has 0 aliphatic heterocycles. The number of carbonyl (C=O) groups is 2. The summed E-state index contributed by atoms with van der Waals surface area (Å²) in [6.07, 6.45) is 0.224. The van der Waals surface area contributed by atoms with Crippen molar-refractivity contribution in [2.45, 2.75) is 37.6 Å². The van der Waals surface area contributed by atoms with Gasteiger partial charge in [0.05, 0.1) is 19.1 Å². The highest BCUT2D eigenvalue weighted by Crippen LogP contribution is 2.26. The van der Waals surface area contributed by atoms with Crippen molar-refractivity contribution in [3.63, 3.8) is 0 Å². The average molecular weight is 495 g/mol. The summed E-state index contributed by atoms with van der Waals surface area (Å²) < 4.78 is 4.89. The Hall–Kier alpha value is -2.19. The van der Waals surface area contributed by atoms with Crippen molar-refractivity contribution in [3.05, 3.63) is 47.5 Å². The molecule has 0 spiro atoms. The number of benzene rings is 2. The van der Waals surface area contributed by atoms with E-state index in [0.717, 1.165) is 5.56 Å². The first kappa shape index (κ1) is 28.8. The highest BCUT2D eigenvalue weighted by Gasteiger charge is 2.11. The van der Waals surface area contributed by atoms with Crippen molar-refractivity contribution in [1.29, 1.82) is 0 Å². The molecule has 0 fully saturated rings. The number of methoxy groups -OCH3 is 1. The Labute approximate surface area is 196 Å². The number of rotatable bonds is 6. The van der Waals surface area contributed by atoms with Gasteiger partial charge in [0, 0.05) is 23.7 Å². The molecule has 0 heterocycles. The number of carbonyl (C=O) groups excluding carboxylic acids is 2. The van der Waals surface area contributed by atoms with Crippen molar-refractivity contribution in [3.8, 4) is 17.2 Å². The van der Waals surface area contributed by atoms with Crippen LogP contribution in [0.5, 0.6) is 17.2 Å². The zero-order chi connectivity index (χ0) is 24.1. The number of nitrogen functional groups attached to an aromatic ring is 1. The van der Waals surface area contributed by atoms with Gasteiger partial charge in [-0.2, -0.15) is 0 Å². The molecule has 2 atom stereocenters. The number of aliphatic hydroxyl groups excluding tert-OH is 1. The number of hydrogen-bond acceptors (Lipinski definition) is 7. The van der Waals surface area contributed by atoms with E-state index in [9.17, 15) is 14.7 Å². The lowest BCUT2D eigenvalue weighted by Crippen LogP contribution is -2.12. The molecule has 0 radical (unpaired) electrons. The quantitative estimate of drug-likeness (QED) is 0.271. The number of aromatic hydroxyl groups is 2. The van der Waals surface area contributed by atoms with Crippen LogP contribution in [0.2, 0.25) is 0 Å². The Balaban J connectivity index is 0.000000484. The summed E-state index contributed by atoms with van der Waals surface area (Å²) in [6, 6.07) is 9.49. The van der Waals surface area contributed by atoms with Gasteiger partial charge in [0.2, 0.25) is 5.24 Å². The van der Waals surface area contributed by atoms with E-state index in [1.807, 2.05) is 0 Å². The van der Waals surface area contributed by atoms with Crippen LogP contribution in [0, 0.1) is 0 Å². The Kier molecular flexibility index (Phi) is 13.7. The maximum Gasteiger partial charge on any atom is 0.239 e. The van der Waals surface area contributed by atoms with Gasteiger partial charge in [0.1, 0.15) is 11.1 Å². The highest BCUT2D eigenvalue weighted by molar-refractivity contribution is 6.69. The molecule has 172 valence electrons. The lowest BCUT2D eigenvalue weighted by atomic mass is 10.1. The van der Waals surface area contributed by atoms with Gasteiger partial charge in [0.25, 0.3) is 0 Å². The molecule has 10 heteroatoms. The molecule has 2 rings (SSSR count). The van der Waals surface area contributed by atoms with Crippen molar-refractivity contribution in [1.82, 2.24) is 0 Å². The fourth-order valence-corrected chi connectivity index (χ4v) is 1.98. The van der Waals surface area contributed by atoms with E-state index in [4.69, 9.17) is 55.5 Å². The number of hydrogen-bond donors (Lipinski definition) is 4. The van der Waals surface area contributed by atoms with Crippen LogP contribution in [0.3, 0.4) is 0 Å². The summed E-state index contributed by atoms with van der Waals surface area (Å²) in [7, 11) is 1.47. The molecule has 31 heavy (non-hydrogen) atoms. The summed E-state index contributed by atoms with van der Waals surface area (Å²) >= 11 is 15.6. The number of ether oxygens (including phenoxy) is 1. The number of Topliss-reactive ketones (excluding diaryl/α,β-unsaturated/α-hetero) is 1. The highest BCUT2D eigenvalue weighted by atomic mass is 35.5. The van der Waals surface area contributed by atoms with Gasteiger partial charge in [0.15, 0.2) is 17.3 Å². The lowest BCUT2D eigenvalue weighted by Gasteiger charge is -2.06. The molecule has 7 nitrogen and oxygen atoms in total. The van der Waals surface area contributed by atoms with E-state index >= 15 is 0 Å². The number of ketones is 1. The van der Waals surface area contributed by atoms with Gasteiger partial charge in [-0.3, -0.25) is 9.59 Å². The van der Waals surface area contributed by atoms with Crippen LogP contribution >= 0.6 is 34.8 Å². The van der Waals surface area contributed by atoms with Crippen LogP contribution < -0.4 is 10.5 Å². The third kappa shape index (κ3) is 11.7. The topological polar surface area (TPSA) is 130 Å². The Morgan fingerprint density at radius 1 is 1.03 bits per heavy atom. The second-order valence-corrected chi connectivity index (χ2v) is 7.91. The fourth-order valence-electron chi connectivity index (χ4n) is 1.90. The van der Waals surface area contributed by atoms with Crippen LogP contribution in [-0.2, 0) is 22.6 Å². The van der Waals surface area contributed by atoms with Gasteiger partial charge in [-0.25, -0.2) is 0 Å². The van der Waals surface area contributed by atoms with Crippen molar-refractivity contribution >= 4 is 51.5 Å². The molecule has 0 aliphatic carbocycles. The molecule has 5 N–H and O–H groups in total. The summed E-state index contributed by atoms with van der Waals surface area (Å²) in [5.74, 6) is 0.402. The van der Waals surface area contributed by atoms with E-state index < -0.39 is 16.0 Å². The SMILES string of the molecule is CC(Cl)C(=O)Cl.COc1ccc(CC(=O)C(C)Cl)cc1O.Nc1ccc(CO)c(O)c1. The van der Waals surface area contributed by atoms with Crippen LogP contribution in [0.25, 0.3) is 0 Å². The predicted octanol–water partition coefficient (Wildman–Crippen LogP) is 3.99. The number of anilines is 1. The normalized spacial score (nSPS) is 11.7. The summed E-state index contributed by atoms with van der Waals surface area (Å²) in [4.78, 5) is 21.1. The lowest BCUT2D eigenvalue weighted by molar-refractivity contribution is -0.117. The van der Waals surface area contributed by atoms with E-state index in [-0.39, 0.29) is 30.3 Å². The third-order valence-electron chi connectivity index (χ3n) is 3.66. The number of phenolic OH excluding ortho intramolecular Hbond substituents is 1. The molecular formula is C21H26Cl3NO6. The maximum absolute atomic E-state index is 11.3. The number of halogens is 3. The molecular weight excluding hydrogens is 469 g/mol. The second-order valence-electron chi connectivity index (χ2n) is 6.23. The van der Waals surface area contributed by atoms with Crippen LogP contribution in [-0.4, -0.2) is 44.2 Å². The van der Waals surface area contributed by atoms with Crippen molar-refractivity contribution in [2.75, 3.05) is 12.8 Å². The summed E-state index contributed by atoms with van der Waals surface area (Å²) in [5, 5.41) is 25.6. The maximum atomic E-state index is 11.3. The first-order chi connectivity index (χ1) is 14.4. The van der Waals surface area contributed by atoms with Crippen LogP contribution in [0.4, 0.5) is 5.69 Å². The Bertz CT molecular complexity index is 859. The van der Waals surface area contributed by atoms with E-state index in [1.165, 1.54) is 26.2 Å². The largest absolute Gasteiger partial charge is 0.508 e. The number of alkyl halides is 2. The summed E-state index contributed by atoms with van der Waals surface area (Å²) in [6.45, 7) is 3.00. The number of phenols is 2. The molecule has 0 amide bonds. The van der Waals surface area contributed by atoms with Crippen molar-refractivity contribution in [2.24, 2.45) is 0 Å². The molecule has 0 saturated carbocycles. The van der Waals surface area contributed by atoms with Gasteiger partial charge in [-0.1, -0.05) is 12.1 Å². The monoisotopic (exact) mass is 493 g/mol. The Morgan fingerprint density at radius 2 is 1.61 bits per heavy atom. The van der Waals surface area contributed by atoms with Crippen LogP contribution in [0.1, 0.15) is 25.0 Å². The zero-order valence-corrected chi connectivity index (χ0v) is 19.6. The second kappa shape index (κ2) is 14.8. The number of aliphatic hydroxyl groups is 1. The zero-order valence-electron chi connectivity index (χ0n) is 17.3. The smallest absolute Gasteiger partial charge is 0.239 e. The standard InChI is InChI=1S/C11H13ClO3.C7H9NO2.C3H4Cl2O/c1-7(12)9(13)5-8-3-4-11(15-2)10(14)6-8;8-6-2-1-5(4-9)7(10)3-6;1-2(4)3(5)6/h3-4,6-7,14H,5H2,1-2H3;1-3,9-10H,4,8H2;2H,1H3. The Morgan fingerprint density at radius 3 is 2.00 bits per heavy atom. The molecule has 0 bridgehead atoms. The first-order valence-corrected chi connectivity index (χ1v) is 10.2. The number of nitrogens with two attached hydrogens (primary N) is 1. The minimum absolute atomic E-state index is 0.0324. The van der Waals surface area contributed by atoms with E-state index in [1.54, 1.807) is 31.2 Å². The molecule has 2 aromatic carbocycles. The molecule has 2 unspecified atom stereocenters. The average Bonchev–Trinajstić information content (AvgIpc) is 2.69. The molecule has 0 saturated heterocycles. The third-order valence-corrected chi connectivity index (χ3v) is 4.54. The van der Waals surface area contributed by atoms with E-state index in [2.05, 4.69) is 0 Å². The van der Waals surface area contributed by atoms with Gasteiger partial charge < -0.3 is 25.8 Å². The van der Waals surface area contributed by atoms with Gasteiger partial charge >= 0.3 is 0 Å². The van der Waals surface area contributed by atoms with Gasteiger partial charge in [-0.15, -0.1) is 23.2 Å².